The number of amides is 2. The van der Waals surface area contributed by atoms with Crippen LogP contribution in [0.25, 0.3) is 0 Å². The normalized spacial score (nSPS) is 18.7. The summed E-state index contributed by atoms with van der Waals surface area (Å²) in [5.74, 6) is -1.10. The van der Waals surface area contributed by atoms with Crippen molar-refractivity contribution in [3.05, 3.63) is 75.2 Å². The molecule has 2 aliphatic rings. The maximum atomic E-state index is 13.3. The van der Waals surface area contributed by atoms with E-state index in [2.05, 4.69) is 5.32 Å². The number of benzene rings is 2. The maximum absolute atomic E-state index is 13.3. The van der Waals surface area contributed by atoms with E-state index in [1.54, 1.807) is 29.7 Å². The van der Waals surface area contributed by atoms with Gasteiger partial charge < -0.3 is 29.2 Å². The fraction of sp³-hybridized carbons (Fsp3) is 0.419. The van der Waals surface area contributed by atoms with Gasteiger partial charge in [0, 0.05) is 24.1 Å². The summed E-state index contributed by atoms with van der Waals surface area (Å²) in [6, 6.07) is 10.2. The minimum atomic E-state index is -1.18. The number of esters is 2. The molecule has 3 atom stereocenters. The second kappa shape index (κ2) is 15.4. The van der Waals surface area contributed by atoms with Crippen molar-refractivity contribution < 1.29 is 43.0 Å². The lowest BCUT2D eigenvalue weighted by Crippen LogP contribution is -2.74. The molecule has 4 rings (SSSR count). The molecule has 1 saturated heterocycles. The largest absolute Gasteiger partial charge is 0.491 e. The van der Waals surface area contributed by atoms with E-state index in [1.165, 1.54) is 40.9 Å². The lowest BCUT2D eigenvalue weighted by molar-refractivity contribution is -0.384. The summed E-state index contributed by atoms with van der Waals surface area (Å²) in [5.41, 5.74) is 0.765. The summed E-state index contributed by atoms with van der Waals surface area (Å²) in [7, 11) is 0. The van der Waals surface area contributed by atoms with Crippen LogP contribution < -0.4 is 14.8 Å². The fourth-order valence-electron chi connectivity index (χ4n) is 4.57. The number of carbonyl (C=O) groups excluding carboxylic acids is 4. The topological polar surface area (TPSA) is 164 Å². The number of β-lactam (4-membered cyclic amide) rings is 1. The highest BCUT2D eigenvalue weighted by Gasteiger charge is 2.56. The number of ether oxygens (including phenoxy) is 4. The molecule has 14 heteroatoms. The van der Waals surface area contributed by atoms with Crippen LogP contribution in [0.1, 0.15) is 45.6 Å². The summed E-state index contributed by atoms with van der Waals surface area (Å²) in [5, 5.41) is 14.6. The summed E-state index contributed by atoms with van der Waals surface area (Å²) in [6.07, 6.45) is 1.71. The monoisotopic (exact) mass is 641 g/mol. The number of rotatable bonds is 15. The van der Waals surface area contributed by atoms with Gasteiger partial charge in [-0.3, -0.25) is 24.5 Å². The first-order valence-corrected chi connectivity index (χ1v) is 15.4. The predicted molar refractivity (Wildman–Crippen MR) is 163 cm³/mol. The molecule has 240 valence electrons. The summed E-state index contributed by atoms with van der Waals surface area (Å²) >= 11 is 1.22. The zero-order valence-electron chi connectivity index (χ0n) is 25.1. The number of hydrogen-bond acceptors (Lipinski definition) is 11. The van der Waals surface area contributed by atoms with Gasteiger partial charge in [-0.1, -0.05) is 13.3 Å². The Balaban J connectivity index is 1.39. The molecular formula is C31H35N3O10S. The van der Waals surface area contributed by atoms with E-state index in [1.807, 2.05) is 20.8 Å². The third-order valence-electron chi connectivity index (χ3n) is 6.84. The number of nitrogens with one attached hydrogen (secondary N) is 1. The van der Waals surface area contributed by atoms with Crippen LogP contribution in [0.5, 0.6) is 11.5 Å². The zero-order chi connectivity index (χ0) is 32.5. The second-order valence-electron chi connectivity index (χ2n) is 10.6. The Morgan fingerprint density at radius 3 is 2.36 bits per heavy atom. The Morgan fingerprint density at radius 2 is 1.71 bits per heavy atom. The van der Waals surface area contributed by atoms with Crippen LogP contribution in [0, 0.1) is 10.1 Å². The number of unbranched alkanes of at least 4 members (excludes halogenated alkanes) is 1. The van der Waals surface area contributed by atoms with Crippen molar-refractivity contribution in [2.75, 3.05) is 13.2 Å². The smallest absolute Gasteiger partial charge is 0.333 e. The van der Waals surface area contributed by atoms with Crippen LogP contribution in [0.15, 0.2) is 59.5 Å². The van der Waals surface area contributed by atoms with Crippen molar-refractivity contribution in [2.24, 2.45) is 0 Å². The van der Waals surface area contributed by atoms with Gasteiger partial charge in [-0.25, -0.2) is 4.79 Å². The molecule has 45 heavy (non-hydrogen) atoms. The van der Waals surface area contributed by atoms with Crippen molar-refractivity contribution in [3.63, 3.8) is 0 Å². The molecule has 2 unspecified atom stereocenters. The Bertz CT molecular complexity index is 1430. The van der Waals surface area contributed by atoms with Crippen LogP contribution >= 0.6 is 11.8 Å². The van der Waals surface area contributed by atoms with Crippen LogP contribution in [0.4, 0.5) is 5.69 Å². The summed E-state index contributed by atoms with van der Waals surface area (Å²) < 4.78 is 22.0. The predicted octanol–water partition coefficient (Wildman–Crippen LogP) is 3.89. The van der Waals surface area contributed by atoms with E-state index < -0.39 is 46.1 Å². The first-order valence-electron chi connectivity index (χ1n) is 14.5. The third-order valence-corrected chi connectivity index (χ3v) is 8.05. The number of non-ortho nitro benzene ring substituents is 1. The number of fused-ring (bicyclic) bond motifs is 1. The van der Waals surface area contributed by atoms with Crippen molar-refractivity contribution in [1.29, 1.82) is 0 Å². The highest BCUT2D eigenvalue weighted by atomic mass is 32.2. The zero-order valence-corrected chi connectivity index (χ0v) is 25.9. The molecule has 2 aromatic rings. The van der Waals surface area contributed by atoms with Gasteiger partial charge in [-0.2, -0.15) is 0 Å². The summed E-state index contributed by atoms with van der Waals surface area (Å²) in [4.78, 5) is 63.2. The molecule has 2 heterocycles. The molecule has 1 N–H and O–H groups in total. The number of carbonyl (C=O) groups is 4. The maximum Gasteiger partial charge on any atom is 0.333 e. The van der Waals surface area contributed by atoms with E-state index in [-0.39, 0.29) is 38.0 Å². The Hall–Kier alpha value is -4.59. The quantitative estimate of drug-likeness (QED) is 0.130. The molecule has 0 aromatic heterocycles. The number of thioether (sulfide) groups is 1. The van der Waals surface area contributed by atoms with E-state index in [4.69, 9.17) is 18.9 Å². The molecule has 2 amide bonds. The molecular weight excluding hydrogens is 606 g/mol. The Labute approximate surface area is 264 Å². The molecule has 0 spiro atoms. The molecule has 0 saturated carbocycles. The van der Waals surface area contributed by atoms with Gasteiger partial charge in [0.05, 0.1) is 11.0 Å². The summed E-state index contributed by atoms with van der Waals surface area (Å²) in [6.45, 7) is 5.03. The minimum Gasteiger partial charge on any atom is -0.491 e. The van der Waals surface area contributed by atoms with Gasteiger partial charge in [-0.05, 0) is 67.6 Å². The van der Waals surface area contributed by atoms with E-state index in [0.29, 0.717) is 29.1 Å². The number of nitro groups is 1. The third kappa shape index (κ3) is 8.75. The van der Waals surface area contributed by atoms with E-state index in [0.717, 1.165) is 6.42 Å². The van der Waals surface area contributed by atoms with Crippen LogP contribution in [-0.4, -0.2) is 70.4 Å². The molecule has 1 fully saturated rings. The first-order chi connectivity index (χ1) is 21.6. The number of nitro benzene ring substituents is 1. The highest BCUT2D eigenvalue weighted by Crippen LogP contribution is 2.40. The average Bonchev–Trinajstić information content (AvgIpc) is 3.03. The second-order valence-corrected chi connectivity index (χ2v) is 11.6. The van der Waals surface area contributed by atoms with Gasteiger partial charge >= 0.3 is 11.9 Å². The van der Waals surface area contributed by atoms with Gasteiger partial charge in [0.1, 0.15) is 36.1 Å². The number of nitrogens with zero attached hydrogens (tertiary/aromatic N) is 2. The lowest BCUT2D eigenvalue weighted by atomic mass is 9.98. The number of hydrogen-bond donors (Lipinski definition) is 1. The molecule has 0 bridgehead atoms. The van der Waals surface area contributed by atoms with Gasteiger partial charge in [-0.15, -0.1) is 11.8 Å². The fourth-order valence-corrected chi connectivity index (χ4v) is 5.78. The first kappa shape index (κ1) is 33.3. The molecule has 2 aliphatic heterocycles. The standard InChI is InChI=1S/C31H35N3O10S/c1-4-5-6-26(36)42-16-21-18-45-30-27(32-25(35)17-41-23-11-13-24(14-12-23)44-19(2)3)29(37)33(30)28(21)31(38)43-15-20-7-9-22(10-8-20)34(39)40/h7-14,18-19,27-28,30H,4-6,15-17H2,1-3H3,(H,32,35)/t27?,28?,30-/m1/s1. The van der Waals surface area contributed by atoms with Crippen molar-refractivity contribution in [1.82, 2.24) is 10.2 Å². The highest BCUT2D eigenvalue weighted by molar-refractivity contribution is 8.03. The van der Waals surface area contributed by atoms with Gasteiger partial charge in [0.25, 0.3) is 11.6 Å². The SMILES string of the molecule is CCCCC(=O)OCC1=CS[C@@H]2C(NC(=O)COc3ccc(OC(C)C)cc3)C(=O)N2C1C(=O)OCc1ccc([N+](=O)[O-])cc1. The van der Waals surface area contributed by atoms with E-state index >= 15 is 0 Å². The molecule has 0 aliphatic carbocycles. The average molecular weight is 642 g/mol. The van der Waals surface area contributed by atoms with E-state index in [9.17, 15) is 29.3 Å². The molecule has 2 aromatic carbocycles. The Morgan fingerprint density at radius 1 is 1.02 bits per heavy atom. The van der Waals surface area contributed by atoms with Gasteiger partial charge in [0.15, 0.2) is 12.6 Å². The molecule has 13 nitrogen and oxygen atoms in total. The van der Waals surface area contributed by atoms with Gasteiger partial charge in [0.2, 0.25) is 5.91 Å². The Kier molecular flexibility index (Phi) is 11.4. The minimum absolute atomic E-state index is 0.0167. The van der Waals surface area contributed by atoms with Crippen LogP contribution in [-0.2, 0) is 35.3 Å². The van der Waals surface area contributed by atoms with Crippen molar-refractivity contribution >= 4 is 41.2 Å². The molecule has 0 radical (unpaired) electrons. The van der Waals surface area contributed by atoms with Crippen molar-refractivity contribution in [3.8, 4) is 11.5 Å². The lowest BCUT2D eigenvalue weighted by Gasteiger charge is -2.51. The van der Waals surface area contributed by atoms with Crippen LogP contribution in [0.3, 0.4) is 0 Å². The van der Waals surface area contributed by atoms with Crippen LogP contribution in [0.2, 0.25) is 0 Å². The van der Waals surface area contributed by atoms with Crippen molar-refractivity contribution in [2.45, 2.75) is 70.2 Å².